The molecule has 0 radical (unpaired) electrons. The van der Waals surface area contributed by atoms with Crippen molar-refractivity contribution in [3.05, 3.63) is 24.3 Å². The Kier molecular flexibility index (Phi) is 6.55. The van der Waals surface area contributed by atoms with Crippen LogP contribution in [0.25, 0.3) is 0 Å². The maximum atomic E-state index is 11.9. The number of amides is 1. The van der Waals surface area contributed by atoms with Gasteiger partial charge in [0.15, 0.2) is 9.84 Å². The van der Waals surface area contributed by atoms with Gasteiger partial charge in [-0.2, -0.15) is 0 Å². The number of benzene rings is 1. The molecule has 0 heterocycles. The summed E-state index contributed by atoms with van der Waals surface area (Å²) in [4.78, 5) is 12.2. The molecule has 1 amide bonds. The van der Waals surface area contributed by atoms with Crippen LogP contribution in [0.3, 0.4) is 0 Å². The summed E-state index contributed by atoms with van der Waals surface area (Å²) in [5.74, 6) is 0.913. The van der Waals surface area contributed by atoms with Crippen LogP contribution in [0.2, 0.25) is 0 Å². The highest BCUT2D eigenvalue weighted by Gasteiger charge is 2.13. The first-order valence-electron chi connectivity index (χ1n) is 6.57. The van der Waals surface area contributed by atoms with Crippen molar-refractivity contribution in [3.8, 4) is 0 Å². The maximum absolute atomic E-state index is 11.9. The predicted octanol–water partition coefficient (Wildman–Crippen LogP) is 2.95. The van der Waals surface area contributed by atoms with E-state index in [4.69, 9.17) is 0 Å². The molecule has 0 spiro atoms. The largest absolute Gasteiger partial charge is 0.325 e. The SMILES string of the molecule is CCCCSC(C)C(=O)Nc1ccc(S(C)(=O)=O)cc1. The number of thioether (sulfide) groups is 1. The van der Waals surface area contributed by atoms with Gasteiger partial charge in [-0.05, 0) is 43.4 Å². The number of carbonyl (C=O) groups excluding carboxylic acids is 1. The smallest absolute Gasteiger partial charge is 0.237 e. The molecule has 0 aliphatic carbocycles. The van der Waals surface area contributed by atoms with Gasteiger partial charge < -0.3 is 5.32 Å². The second-order valence-electron chi connectivity index (χ2n) is 4.65. The molecule has 1 unspecified atom stereocenters. The fourth-order valence-corrected chi connectivity index (χ4v) is 3.16. The molecule has 0 aromatic heterocycles. The maximum Gasteiger partial charge on any atom is 0.237 e. The van der Waals surface area contributed by atoms with E-state index < -0.39 is 9.84 Å². The lowest BCUT2D eigenvalue weighted by atomic mass is 10.3. The molecule has 0 saturated carbocycles. The van der Waals surface area contributed by atoms with Crippen LogP contribution in [-0.2, 0) is 14.6 Å². The monoisotopic (exact) mass is 315 g/mol. The molecule has 0 bridgehead atoms. The Morgan fingerprint density at radius 1 is 1.30 bits per heavy atom. The number of hydrogen-bond acceptors (Lipinski definition) is 4. The second kappa shape index (κ2) is 7.69. The predicted molar refractivity (Wildman–Crippen MR) is 85.0 cm³/mol. The highest BCUT2D eigenvalue weighted by Crippen LogP contribution is 2.17. The van der Waals surface area contributed by atoms with Crippen molar-refractivity contribution in [2.75, 3.05) is 17.3 Å². The molecule has 0 aliphatic heterocycles. The van der Waals surface area contributed by atoms with Crippen molar-refractivity contribution in [1.29, 1.82) is 0 Å². The zero-order chi connectivity index (χ0) is 15.2. The van der Waals surface area contributed by atoms with Crippen LogP contribution in [0, 0.1) is 0 Å². The van der Waals surface area contributed by atoms with Crippen molar-refractivity contribution in [3.63, 3.8) is 0 Å². The van der Waals surface area contributed by atoms with E-state index in [-0.39, 0.29) is 16.1 Å². The first-order valence-corrected chi connectivity index (χ1v) is 9.51. The minimum atomic E-state index is -3.20. The van der Waals surface area contributed by atoms with E-state index in [2.05, 4.69) is 12.2 Å². The van der Waals surface area contributed by atoms with Crippen LogP contribution < -0.4 is 5.32 Å². The molecule has 1 rings (SSSR count). The molecule has 20 heavy (non-hydrogen) atoms. The third kappa shape index (κ3) is 5.54. The van der Waals surface area contributed by atoms with Crippen LogP contribution in [-0.4, -0.2) is 31.6 Å². The lowest BCUT2D eigenvalue weighted by Gasteiger charge is -2.12. The van der Waals surface area contributed by atoms with Gasteiger partial charge >= 0.3 is 0 Å². The van der Waals surface area contributed by atoms with Gasteiger partial charge in [-0.1, -0.05) is 13.3 Å². The molecule has 0 fully saturated rings. The van der Waals surface area contributed by atoms with Gasteiger partial charge in [0.2, 0.25) is 5.91 Å². The van der Waals surface area contributed by atoms with Gasteiger partial charge in [-0.25, -0.2) is 8.42 Å². The number of nitrogens with one attached hydrogen (secondary N) is 1. The summed E-state index contributed by atoms with van der Waals surface area (Å²) >= 11 is 1.63. The Morgan fingerprint density at radius 3 is 2.40 bits per heavy atom. The number of anilines is 1. The fourth-order valence-electron chi connectivity index (χ4n) is 1.51. The van der Waals surface area contributed by atoms with Crippen molar-refractivity contribution in [2.45, 2.75) is 36.8 Å². The quantitative estimate of drug-likeness (QED) is 0.786. The summed E-state index contributed by atoms with van der Waals surface area (Å²) in [5.41, 5.74) is 0.616. The van der Waals surface area contributed by atoms with Crippen LogP contribution in [0.1, 0.15) is 26.7 Å². The molecule has 4 nitrogen and oxygen atoms in total. The van der Waals surface area contributed by atoms with E-state index in [1.165, 1.54) is 12.1 Å². The average molecular weight is 315 g/mol. The molecule has 1 N–H and O–H groups in total. The number of rotatable bonds is 7. The molecule has 1 aromatic rings. The topological polar surface area (TPSA) is 63.2 Å². The lowest BCUT2D eigenvalue weighted by molar-refractivity contribution is -0.115. The molecule has 6 heteroatoms. The van der Waals surface area contributed by atoms with Gasteiger partial charge in [0, 0.05) is 11.9 Å². The highest BCUT2D eigenvalue weighted by atomic mass is 32.2. The normalized spacial score (nSPS) is 12.9. The Labute approximate surface area is 125 Å². The van der Waals surface area contributed by atoms with Gasteiger partial charge in [0.05, 0.1) is 10.1 Å². The number of carbonyl (C=O) groups is 1. The molecule has 112 valence electrons. The molecular formula is C14H21NO3S2. The van der Waals surface area contributed by atoms with E-state index in [9.17, 15) is 13.2 Å². The number of sulfone groups is 1. The summed E-state index contributed by atoms with van der Waals surface area (Å²) in [6.45, 7) is 4.00. The summed E-state index contributed by atoms with van der Waals surface area (Å²) < 4.78 is 22.7. The van der Waals surface area contributed by atoms with Gasteiger partial charge in [0.1, 0.15) is 0 Å². The van der Waals surface area contributed by atoms with Crippen molar-refractivity contribution < 1.29 is 13.2 Å². The first kappa shape index (κ1) is 17.0. The Bertz CT molecular complexity index is 538. The van der Waals surface area contributed by atoms with E-state index in [1.54, 1.807) is 23.9 Å². The van der Waals surface area contributed by atoms with Crippen molar-refractivity contribution in [1.82, 2.24) is 0 Å². The summed E-state index contributed by atoms with van der Waals surface area (Å²) in [5, 5.41) is 2.68. The first-order chi connectivity index (χ1) is 9.34. The fraction of sp³-hybridized carbons (Fsp3) is 0.500. The van der Waals surface area contributed by atoms with E-state index >= 15 is 0 Å². The minimum Gasteiger partial charge on any atom is -0.325 e. The van der Waals surface area contributed by atoms with E-state index in [1.807, 2.05) is 6.92 Å². The highest BCUT2D eigenvalue weighted by molar-refractivity contribution is 8.00. The molecule has 0 aliphatic rings. The van der Waals surface area contributed by atoms with Crippen LogP contribution in [0.15, 0.2) is 29.2 Å². The van der Waals surface area contributed by atoms with Gasteiger partial charge in [-0.15, -0.1) is 11.8 Å². The third-order valence-electron chi connectivity index (χ3n) is 2.78. The summed E-state index contributed by atoms with van der Waals surface area (Å²) in [6.07, 6.45) is 3.38. The van der Waals surface area contributed by atoms with Crippen LogP contribution >= 0.6 is 11.8 Å². The summed E-state index contributed by atoms with van der Waals surface area (Å²) in [6, 6.07) is 6.22. The zero-order valence-corrected chi connectivity index (χ0v) is 13.7. The molecule has 1 aromatic carbocycles. The van der Waals surface area contributed by atoms with E-state index in [0.29, 0.717) is 5.69 Å². The third-order valence-corrected chi connectivity index (χ3v) is 5.15. The molecule has 0 saturated heterocycles. The van der Waals surface area contributed by atoms with Gasteiger partial charge in [-0.3, -0.25) is 4.79 Å². The van der Waals surface area contributed by atoms with Gasteiger partial charge in [0.25, 0.3) is 0 Å². The van der Waals surface area contributed by atoms with Crippen LogP contribution in [0.4, 0.5) is 5.69 Å². The zero-order valence-electron chi connectivity index (χ0n) is 12.0. The summed E-state index contributed by atoms with van der Waals surface area (Å²) in [7, 11) is -3.20. The standard InChI is InChI=1S/C14H21NO3S2/c1-4-5-10-19-11(2)14(16)15-12-6-8-13(9-7-12)20(3,17)18/h6-9,11H,4-5,10H2,1-3H3,(H,15,16). The molecular weight excluding hydrogens is 294 g/mol. The number of unbranched alkanes of at least 4 members (excludes halogenated alkanes) is 1. The van der Waals surface area contributed by atoms with Crippen molar-refractivity contribution in [2.24, 2.45) is 0 Å². The van der Waals surface area contributed by atoms with E-state index in [0.717, 1.165) is 24.9 Å². The number of hydrogen-bond donors (Lipinski definition) is 1. The molecule has 1 atom stereocenters. The second-order valence-corrected chi connectivity index (χ2v) is 8.12. The average Bonchev–Trinajstić information content (AvgIpc) is 2.38. The van der Waals surface area contributed by atoms with Crippen LogP contribution in [0.5, 0.6) is 0 Å². The Morgan fingerprint density at radius 2 is 1.90 bits per heavy atom. The Balaban J connectivity index is 2.58. The van der Waals surface area contributed by atoms with Crippen molar-refractivity contribution >= 4 is 33.2 Å². The minimum absolute atomic E-state index is 0.0572. The Hall–Kier alpha value is -1.01. The lowest BCUT2D eigenvalue weighted by Crippen LogP contribution is -2.22.